The molecule has 1 atom stereocenters. The zero-order valence-corrected chi connectivity index (χ0v) is 12.6. The average molecular weight is 262 g/mol. The number of carboxylic acid groups (broad SMARTS) is 1. The van der Waals surface area contributed by atoms with E-state index in [2.05, 4.69) is 20.8 Å². The predicted molar refractivity (Wildman–Crippen MR) is 79.4 cm³/mol. The largest absolute Gasteiger partial charge is 0.481 e. The first-order valence-electron chi connectivity index (χ1n) is 7.11. The van der Waals surface area contributed by atoms with E-state index in [1.54, 1.807) is 0 Å². The van der Waals surface area contributed by atoms with Gasteiger partial charge in [0, 0.05) is 0 Å². The van der Waals surface area contributed by atoms with Gasteiger partial charge in [-0.05, 0) is 30.2 Å². The second-order valence-electron chi connectivity index (χ2n) is 6.52. The molecule has 0 spiro atoms. The van der Waals surface area contributed by atoms with Crippen LogP contribution in [-0.4, -0.2) is 11.1 Å². The van der Waals surface area contributed by atoms with Gasteiger partial charge in [-0.3, -0.25) is 4.79 Å². The molecule has 1 unspecified atom stereocenters. The lowest BCUT2D eigenvalue weighted by Gasteiger charge is -2.30. The molecule has 1 N–H and O–H groups in total. The van der Waals surface area contributed by atoms with Crippen molar-refractivity contribution in [1.82, 2.24) is 0 Å². The van der Waals surface area contributed by atoms with Crippen LogP contribution in [0.4, 0.5) is 0 Å². The highest BCUT2D eigenvalue weighted by atomic mass is 16.4. The maximum atomic E-state index is 11.8. The van der Waals surface area contributed by atoms with Crippen LogP contribution in [0.1, 0.15) is 58.9 Å². The normalized spacial score (nSPS) is 14.9. The fourth-order valence-corrected chi connectivity index (χ4v) is 2.58. The SMILES string of the molecule is CCC(CCCC(C)(C)C)(C(=O)O)c1ccccc1. The van der Waals surface area contributed by atoms with E-state index in [0.717, 1.165) is 18.4 Å². The predicted octanol–water partition coefficient (Wildman–Crippen LogP) is 4.64. The Bertz CT molecular complexity index is 403. The Labute approximate surface area is 116 Å². The van der Waals surface area contributed by atoms with Gasteiger partial charge in [0.05, 0.1) is 5.41 Å². The van der Waals surface area contributed by atoms with Crippen LogP contribution in [0.2, 0.25) is 0 Å². The molecule has 0 aliphatic carbocycles. The highest BCUT2D eigenvalue weighted by molar-refractivity contribution is 5.81. The standard InChI is InChI=1S/C17H26O2/c1-5-17(15(18)19,13-9-12-16(2,3)4)14-10-7-6-8-11-14/h6-8,10-11H,5,9,12-13H2,1-4H3,(H,18,19). The molecule has 0 aliphatic rings. The van der Waals surface area contributed by atoms with Crippen LogP contribution < -0.4 is 0 Å². The minimum atomic E-state index is -0.730. The smallest absolute Gasteiger partial charge is 0.314 e. The van der Waals surface area contributed by atoms with Gasteiger partial charge >= 0.3 is 5.97 Å². The number of carbonyl (C=O) groups is 1. The number of hydrogen-bond donors (Lipinski definition) is 1. The fourth-order valence-electron chi connectivity index (χ4n) is 2.58. The van der Waals surface area contributed by atoms with Crippen molar-refractivity contribution < 1.29 is 9.90 Å². The van der Waals surface area contributed by atoms with E-state index in [9.17, 15) is 9.90 Å². The summed E-state index contributed by atoms with van der Waals surface area (Å²) in [5, 5.41) is 9.71. The van der Waals surface area contributed by atoms with Gasteiger partial charge in [-0.1, -0.05) is 64.4 Å². The second kappa shape index (κ2) is 6.23. The number of hydrogen-bond acceptors (Lipinski definition) is 1. The summed E-state index contributed by atoms with van der Waals surface area (Å²) in [6.45, 7) is 8.57. The Morgan fingerprint density at radius 3 is 2.11 bits per heavy atom. The molecule has 1 rings (SSSR count). The average Bonchev–Trinajstić information content (AvgIpc) is 2.34. The van der Waals surface area contributed by atoms with Crippen molar-refractivity contribution in [3.63, 3.8) is 0 Å². The molecule has 2 heteroatoms. The number of benzene rings is 1. The van der Waals surface area contributed by atoms with E-state index < -0.39 is 11.4 Å². The fraction of sp³-hybridized carbons (Fsp3) is 0.588. The third kappa shape index (κ3) is 4.09. The van der Waals surface area contributed by atoms with Gasteiger partial charge in [-0.25, -0.2) is 0 Å². The summed E-state index contributed by atoms with van der Waals surface area (Å²) in [5.74, 6) is -0.699. The van der Waals surface area contributed by atoms with Crippen molar-refractivity contribution in [2.75, 3.05) is 0 Å². The highest BCUT2D eigenvalue weighted by Crippen LogP contribution is 2.35. The van der Waals surface area contributed by atoms with Crippen LogP contribution >= 0.6 is 0 Å². The minimum Gasteiger partial charge on any atom is -0.481 e. The Balaban J connectivity index is 2.92. The van der Waals surface area contributed by atoms with E-state index >= 15 is 0 Å². The van der Waals surface area contributed by atoms with E-state index in [1.807, 2.05) is 37.3 Å². The van der Waals surface area contributed by atoms with Crippen LogP contribution in [0.15, 0.2) is 30.3 Å². The van der Waals surface area contributed by atoms with Crippen LogP contribution in [0.3, 0.4) is 0 Å². The van der Waals surface area contributed by atoms with E-state index in [4.69, 9.17) is 0 Å². The van der Waals surface area contributed by atoms with Gasteiger partial charge in [-0.2, -0.15) is 0 Å². The molecule has 0 amide bonds. The molecule has 0 aliphatic heterocycles. The van der Waals surface area contributed by atoms with Crippen molar-refractivity contribution in [3.8, 4) is 0 Å². The molecule has 0 fully saturated rings. The van der Waals surface area contributed by atoms with Crippen molar-refractivity contribution in [1.29, 1.82) is 0 Å². The summed E-state index contributed by atoms with van der Waals surface area (Å²) in [4.78, 5) is 11.8. The summed E-state index contributed by atoms with van der Waals surface area (Å²) in [7, 11) is 0. The van der Waals surface area contributed by atoms with E-state index in [-0.39, 0.29) is 5.41 Å². The van der Waals surface area contributed by atoms with Gasteiger partial charge in [0.2, 0.25) is 0 Å². The Hall–Kier alpha value is -1.31. The molecule has 0 aromatic heterocycles. The van der Waals surface area contributed by atoms with Crippen LogP contribution in [0.25, 0.3) is 0 Å². The second-order valence-corrected chi connectivity index (χ2v) is 6.52. The molecular formula is C17H26O2. The molecule has 0 saturated carbocycles. The molecule has 0 bridgehead atoms. The van der Waals surface area contributed by atoms with Gasteiger partial charge in [0.15, 0.2) is 0 Å². The van der Waals surface area contributed by atoms with E-state index in [1.165, 1.54) is 0 Å². The van der Waals surface area contributed by atoms with Crippen LogP contribution in [0, 0.1) is 5.41 Å². The van der Waals surface area contributed by atoms with Crippen LogP contribution in [-0.2, 0) is 10.2 Å². The van der Waals surface area contributed by atoms with Crippen molar-refractivity contribution >= 4 is 5.97 Å². The molecule has 0 saturated heterocycles. The third-order valence-electron chi connectivity index (χ3n) is 3.87. The molecule has 1 aromatic carbocycles. The number of rotatable bonds is 6. The molecule has 106 valence electrons. The first-order chi connectivity index (χ1) is 8.82. The Kier molecular flexibility index (Phi) is 5.16. The first-order valence-corrected chi connectivity index (χ1v) is 7.11. The molecule has 1 aromatic rings. The number of aliphatic carboxylic acids is 1. The maximum Gasteiger partial charge on any atom is 0.314 e. The lowest BCUT2D eigenvalue weighted by molar-refractivity contribution is -0.144. The molecule has 0 heterocycles. The monoisotopic (exact) mass is 262 g/mol. The van der Waals surface area contributed by atoms with Gasteiger partial charge in [0.25, 0.3) is 0 Å². The molecule has 2 nitrogen and oxygen atoms in total. The summed E-state index contributed by atoms with van der Waals surface area (Å²) in [5.41, 5.74) is 0.458. The van der Waals surface area contributed by atoms with Gasteiger partial charge in [-0.15, -0.1) is 0 Å². The first kappa shape index (κ1) is 15.7. The lowest BCUT2D eigenvalue weighted by atomic mass is 9.73. The number of carboxylic acids is 1. The quantitative estimate of drug-likeness (QED) is 0.811. The Morgan fingerprint density at radius 1 is 1.11 bits per heavy atom. The van der Waals surface area contributed by atoms with E-state index in [0.29, 0.717) is 12.8 Å². The molecule has 0 radical (unpaired) electrons. The highest BCUT2D eigenvalue weighted by Gasteiger charge is 2.38. The summed E-state index contributed by atoms with van der Waals surface area (Å²) < 4.78 is 0. The lowest BCUT2D eigenvalue weighted by Crippen LogP contribution is -2.35. The molecular weight excluding hydrogens is 236 g/mol. The zero-order chi connectivity index (χ0) is 14.5. The summed E-state index contributed by atoms with van der Waals surface area (Å²) in [6, 6.07) is 9.66. The summed E-state index contributed by atoms with van der Waals surface area (Å²) >= 11 is 0. The minimum absolute atomic E-state index is 0.259. The Morgan fingerprint density at radius 2 is 1.68 bits per heavy atom. The summed E-state index contributed by atoms with van der Waals surface area (Å²) in [6.07, 6.45) is 3.34. The van der Waals surface area contributed by atoms with Crippen molar-refractivity contribution in [3.05, 3.63) is 35.9 Å². The van der Waals surface area contributed by atoms with Gasteiger partial charge in [0.1, 0.15) is 0 Å². The van der Waals surface area contributed by atoms with Gasteiger partial charge < -0.3 is 5.11 Å². The molecule has 19 heavy (non-hydrogen) atoms. The van der Waals surface area contributed by atoms with Crippen molar-refractivity contribution in [2.24, 2.45) is 5.41 Å². The third-order valence-corrected chi connectivity index (χ3v) is 3.87. The van der Waals surface area contributed by atoms with Crippen LogP contribution in [0.5, 0.6) is 0 Å². The maximum absolute atomic E-state index is 11.8. The topological polar surface area (TPSA) is 37.3 Å². The zero-order valence-electron chi connectivity index (χ0n) is 12.6. The van der Waals surface area contributed by atoms with Crippen molar-refractivity contribution in [2.45, 2.75) is 58.8 Å².